The second kappa shape index (κ2) is 11.8. The topological polar surface area (TPSA) is 116 Å². The van der Waals surface area contributed by atoms with Crippen molar-refractivity contribution in [3.8, 4) is 33.9 Å². The molecule has 4 rings (SSSR count). The van der Waals surface area contributed by atoms with Crippen molar-refractivity contribution in [2.45, 2.75) is 65.8 Å². The smallest absolute Gasteiger partial charge is 0.274 e. The Hall–Kier alpha value is -3.65. The van der Waals surface area contributed by atoms with Gasteiger partial charge in [-0.1, -0.05) is 37.2 Å². The number of ketones is 1. The third kappa shape index (κ3) is 5.91. The minimum atomic E-state index is -0.352. The fourth-order valence-electron chi connectivity index (χ4n) is 5.05. The van der Waals surface area contributed by atoms with Crippen LogP contribution in [0.1, 0.15) is 80.1 Å². The monoisotopic (exact) mass is 519 g/mol. The van der Waals surface area contributed by atoms with E-state index in [1.165, 1.54) is 17.2 Å². The summed E-state index contributed by atoms with van der Waals surface area (Å²) in [5.74, 6) is 0.0410. The number of aromatic hydroxyl groups is 2. The SMILES string of the molecule is CCNC(=O)c1noc(-c2cc(C(C)C)c(O)cc2O)c1-c1ccc2c(c1)CCN(CCCCC(C)=O)C2. The van der Waals surface area contributed by atoms with Crippen molar-refractivity contribution in [1.82, 2.24) is 15.4 Å². The number of aromatic nitrogens is 1. The maximum atomic E-state index is 12.9. The first kappa shape index (κ1) is 27.4. The molecule has 1 aliphatic heterocycles. The van der Waals surface area contributed by atoms with Gasteiger partial charge >= 0.3 is 0 Å². The lowest BCUT2D eigenvalue weighted by Gasteiger charge is -2.29. The Morgan fingerprint density at radius 3 is 2.61 bits per heavy atom. The van der Waals surface area contributed by atoms with Crippen LogP contribution in [0.2, 0.25) is 0 Å². The first-order chi connectivity index (χ1) is 18.2. The predicted molar refractivity (Wildman–Crippen MR) is 146 cm³/mol. The third-order valence-electron chi connectivity index (χ3n) is 7.10. The van der Waals surface area contributed by atoms with E-state index in [1.807, 2.05) is 26.8 Å². The average Bonchev–Trinajstić information content (AvgIpc) is 3.31. The number of hydrogen-bond donors (Lipinski definition) is 3. The first-order valence-corrected chi connectivity index (χ1v) is 13.4. The first-order valence-electron chi connectivity index (χ1n) is 13.4. The largest absolute Gasteiger partial charge is 0.508 e. The summed E-state index contributed by atoms with van der Waals surface area (Å²) >= 11 is 0. The number of fused-ring (bicyclic) bond motifs is 1. The molecule has 38 heavy (non-hydrogen) atoms. The quantitative estimate of drug-likeness (QED) is 0.307. The zero-order chi connectivity index (χ0) is 27.4. The van der Waals surface area contributed by atoms with E-state index in [0.717, 1.165) is 44.5 Å². The van der Waals surface area contributed by atoms with Gasteiger partial charge in [0.15, 0.2) is 11.5 Å². The molecule has 202 valence electrons. The number of amides is 1. The molecular formula is C30H37N3O5. The highest BCUT2D eigenvalue weighted by Gasteiger charge is 2.28. The summed E-state index contributed by atoms with van der Waals surface area (Å²) < 4.78 is 5.71. The highest BCUT2D eigenvalue weighted by Crippen LogP contribution is 2.43. The van der Waals surface area contributed by atoms with E-state index in [1.54, 1.807) is 13.0 Å². The predicted octanol–water partition coefficient (Wildman–Crippen LogP) is 5.41. The van der Waals surface area contributed by atoms with Gasteiger partial charge in [0.2, 0.25) is 0 Å². The molecule has 3 aromatic rings. The average molecular weight is 520 g/mol. The Morgan fingerprint density at radius 1 is 1.11 bits per heavy atom. The second-order valence-electron chi connectivity index (χ2n) is 10.3. The number of rotatable bonds is 10. The van der Waals surface area contributed by atoms with Gasteiger partial charge in [-0.2, -0.15) is 0 Å². The molecule has 2 heterocycles. The fraction of sp³-hybridized carbons (Fsp3) is 0.433. The van der Waals surface area contributed by atoms with Gasteiger partial charge in [-0.15, -0.1) is 0 Å². The van der Waals surface area contributed by atoms with Gasteiger partial charge in [-0.3, -0.25) is 9.69 Å². The standard InChI is InChI=1S/C30H37N3O5/c1-5-31-30(37)28-27(29(38-32-28)24-15-23(18(2)3)25(35)16-26(24)36)21-9-10-22-17-33(13-11-20(22)14-21)12-7-6-8-19(4)34/h9-10,14-16,18,35-36H,5-8,11-13,17H2,1-4H3,(H,31,37). The molecule has 8 heteroatoms. The van der Waals surface area contributed by atoms with Crippen LogP contribution in [0.15, 0.2) is 34.9 Å². The normalized spacial score (nSPS) is 13.5. The maximum Gasteiger partial charge on any atom is 0.274 e. The van der Waals surface area contributed by atoms with Gasteiger partial charge in [0.05, 0.1) is 11.1 Å². The molecule has 3 N–H and O–H groups in total. The van der Waals surface area contributed by atoms with Gasteiger partial charge in [0.1, 0.15) is 17.3 Å². The van der Waals surface area contributed by atoms with Gasteiger partial charge in [0.25, 0.3) is 5.91 Å². The Balaban J connectivity index is 1.70. The highest BCUT2D eigenvalue weighted by atomic mass is 16.5. The van der Waals surface area contributed by atoms with E-state index in [-0.39, 0.29) is 40.6 Å². The third-order valence-corrected chi connectivity index (χ3v) is 7.10. The van der Waals surface area contributed by atoms with Crippen LogP contribution in [0.3, 0.4) is 0 Å². The molecule has 1 aromatic heterocycles. The van der Waals surface area contributed by atoms with E-state index in [2.05, 4.69) is 27.5 Å². The number of hydrogen-bond acceptors (Lipinski definition) is 7. The van der Waals surface area contributed by atoms with Gasteiger partial charge in [-0.05, 0) is 73.9 Å². The summed E-state index contributed by atoms with van der Waals surface area (Å²) in [6.07, 6.45) is 3.42. The molecule has 0 fully saturated rings. The summed E-state index contributed by atoms with van der Waals surface area (Å²) in [6, 6.07) is 9.14. The lowest BCUT2D eigenvalue weighted by Crippen LogP contribution is -2.31. The summed E-state index contributed by atoms with van der Waals surface area (Å²) in [4.78, 5) is 26.6. The fourth-order valence-corrected chi connectivity index (χ4v) is 5.05. The molecule has 2 aromatic carbocycles. The van der Waals surface area contributed by atoms with Crippen LogP contribution in [-0.2, 0) is 17.8 Å². The zero-order valence-electron chi connectivity index (χ0n) is 22.6. The molecule has 1 amide bonds. The minimum Gasteiger partial charge on any atom is -0.508 e. The van der Waals surface area contributed by atoms with Crippen LogP contribution in [0.5, 0.6) is 11.5 Å². The number of benzene rings is 2. The van der Waals surface area contributed by atoms with Crippen LogP contribution >= 0.6 is 0 Å². The van der Waals surface area contributed by atoms with Crippen LogP contribution in [0, 0.1) is 0 Å². The molecule has 1 aliphatic rings. The van der Waals surface area contributed by atoms with E-state index < -0.39 is 0 Å². The highest BCUT2D eigenvalue weighted by molar-refractivity contribution is 6.02. The lowest BCUT2D eigenvalue weighted by molar-refractivity contribution is -0.117. The van der Waals surface area contributed by atoms with E-state index in [9.17, 15) is 19.8 Å². The van der Waals surface area contributed by atoms with E-state index in [0.29, 0.717) is 29.7 Å². The molecule has 0 bridgehead atoms. The molecule has 0 saturated carbocycles. The van der Waals surface area contributed by atoms with Crippen molar-refractivity contribution in [1.29, 1.82) is 0 Å². The van der Waals surface area contributed by atoms with Gasteiger partial charge in [0, 0.05) is 32.1 Å². The van der Waals surface area contributed by atoms with Crippen molar-refractivity contribution in [3.63, 3.8) is 0 Å². The Morgan fingerprint density at radius 2 is 1.89 bits per heavy atom. The molecular weight excluding hydrogens is 482 g/mol. The molecule has 8 nitrogen and oxygen atoms in total. The van der Waals surface area contributed by atoms with Crippen molar-refractivity contribution >= 4 is 11.7 Å². The minimum absolute atomic E-state index is 0.00546. The van der Waals surface area contributed by atoms with Crippen molar-refractivity contribution in [3.05, 3.63) is 52.7 Å². The zero-order valence-corrected chi connectivity index (χ0v) is 22.6. The number of carbonyl (C=O) groups excluding carboxylic acids is 2. The summed E-state index contributed by atoms with van der Waals surface area (Å²) in [7, 11) is 0. The van der Waals surface area contributed by atoms with Crippen LogP contribution in [0.4, 0.5) is 0 Å². The molecule has 0 atom stereocenters. The Bertz CT molecular complexity index is 1330. The lowest BCUT2D eigenvalue weighted by atomic mass is 9.91. The van der Waals surface area contributed by atoms with E-state index in [4.69, 9.17) is 4.52 Å². The number of carbonyl (C=O) groups is 2. The summed E-state index contributed by atoms with van der Waals surface area (Å²) in [5.41, 5.74) is 4.93. The number of phenols is 2. The molecule has 0 unspecified atom stereocenters. The number of nitrogens with one attached hydrogen (secondary N) is 1. The molecule has 0 spiro atoms. The van der Waals surface area contributed by atoms with E-state index >= 15 is 0 Å². The van der Waals surface area contributed by atoms with Crippen molar-refractivity contribution in [2.75, 3.05) is 19.6 Å². The molecule has 0 radical (unpaired) electrons. The molecule has 0 saturated heterocycles. The van der Waals surface area contributed by atoms with Gasteiger partial charge in [-0.25, -0.2) is 0 Å². The van der Waals surface area contributed by atoms with Crippen LogP contribution < -0.4 is 5.32 Å². The van der Waals surface area contributed by atoms with Crippen molar-refractivity contribution < 1.29 is 24.3 Å². The van der Waals surface area contributed by atoms with Gasteiger partial charge < -0.3 is 24.8 Å². The number of Topliss-reactive ketones (excluding diaryl/α,β-unsaturated/α-hetero) is 1. The number of nitrogens with zero attached hydrogens (tertiary/aromatic N) is 2. The van der Waals surface area contributed by atoms with Crippen LogP contribution in [0.25, 0.3) is 22.5 Å². The summed E-state index contributed by atoms with van der Waals surface area (Å²) in [6.45, 7) is 10.5. The van der Waals surface area contributed by atoms with Crippen molar-refractivity contribution in [2.24, 2.45) is 0 Å². The van der Waals surface area contributed by atoms with Crippen LogP contribution in [-0.4, -0.2) is 51.6 Å². The number of unbranched alkanes of at least 4 members (excludes halogenated alkanes) is 1. The Kier molecular flexibility index (Phi) is 8.52. The Labute approximate surface area is 223 Å². The molecule has 0 aliphatic carbocycles. The summed E-state index contributed by atoms with van der Waals surface area (Å²) in [5, 5.41) is 28.0. The number of phenolic OH excluding ortho intramolecular Hbond substituents is 2. The second-order valence-corrected chi connectivity index (χ2v) is 10.3. The maximum absolute atomic E-state index is 12.9.